The topological polar surface area (TPSA) is 0 Å². The minimum Gasteiger partial charge on any atom is -0.115 e. The molecule has 0 nitrogen and oxygen atoms in total. The molecule has 0 atom stereocenters. The van der Waals surface area contributed by atoms with Gasteiger partial charge in [0.1, 0.15) is 0 Å². The third-order valence-electron chi connectivity index (χ3n) is 4.13. The molecule has 0 amide bonds. The Labute approximate surface area is 121 Å². The van der Waals surface area contributed by atoms with E-state index >= 15 is 0 Å². The summed E-state index contributed by atoms with van der Waals surface area (Å²) in [5, 5.41) is 0. The zero-order valence-electron chi connectivity index (χ0n) is 11.7. The van der Waals surface area contributed by atoms with Gasteiger partial charge in [0.05, 0.1) is 0 Å². The van der Waals surface area contributed by atoms with Crippen LogP contribution in [0.2, 0.25) is 0 Å². The van der Waals surface area contributed by atoms with Crippen LogP contribution in [0.1, 0.15) is 33.4 Å². The Morgan fingerprint density at radius 3 is 2.25 bits per heavy atom. The summed E-state index contributed by atoms with van der Waals surface area (Å²) in [6, 6.07) is 13.4. The lowest BCUT2D eigenvalue weighted by molar-refractivity contribution is 0.916. The zero-order valence-corrected chi connectivity index (χ0v) is 11.7. The van der Waals surface area contributed by atoms with Gasteiger partial charge in [0.2, 0.25) is 0 Å². The van der Waals surface area contributed by atoms with Crippen molar-refractivity contribution in [3.05, 3.63) is 76.4 Å². The van der Waals surface area contributed by atoms with E-state index in [1.54, 1.807) is 0 Å². The van der Waals surface area contributed by atoms with Crippen molar-refractivity contribution in [3.8, 4) is 12.3 Å². The molecule has 0 fully saturated rings. The summed E-state index contributed by atoms with van der Waals surface area (Å²) < 4.78 is 0. The number of benzene rings is 2. The van der Waals surface area contributed by atoms with Crippen LogP contribution in [0.25, 0.3) is 6.08 Å². The Hall–Kier alpha value is -2.26. The summed E-state index contributed by atoms with van der Waals surface area (Å²) in [4.78, 5) is 0. The molecule has 0 heteroatoms. The maximum atomic E-state index is 5.65. The van der Waals surface area contributed by atoms with E-state index < -0.39 is 0 Å². The molecule has 4 aliphatic carbocycles. The van der Waals surface area contributed by atoms with Crippen LogP contribution in [-0.4, -0.2) is 0 Å². The quantitative estimate of drug-likeness (QED) is 0.673. The molecular formula is C20H18. The fraction of sp³-hybridized carbons (Fsp3) is 0.200. The van der Waals surface area contributed by atoms with Gasteiger partial charge >= 0.3 is 0 Å². The van der Waals surface area contributed by atoms with Crippen LogP contribution in [0.3, 0.4) is 0 Å². The molecule has 0 radical (unpaired) electrons. The van der Waals surface area contributed by atoms with Gasteiger partial charge in [0.15, 0.2) is 0 Å². The predicted molar refractivity (Wildman–Crippen MR) is 85.7 cm³/mol. The molecule has 4 bridgehead atoms. The van der Waals surface area contributed by atoms with Crippen molar-refractivity contribution in [2.24, 2.45) is 0 Å². The van der Waals surface area contributed by atoms with Crippen LogP contribution in [0.5, 0.6) is 0 Å². The van der Waals surface area contributed by atoms with E-state index in [0.717, 1.165) is 31.2 Å². The lowest BCUT2D eigenvalue weighted by Crippen LogP contribution is -2.02. The SMILES string of the molecule is C#Cc1cc2ccc1CCc1ccc(c(C=C)c1)CC2. The molecule has 6 rings (SSSR count). The van der Waals surface area contributed by atoms with Crippen LogP contribution in [0.15, 0.2) is 43.0 Å². The van der Waals surface area contributed by atoms with Crippen LogP contribution < -0.4 is 0 Å². The van der Waals surface area contributed by atoms with Crippen molar-refractivity contribution in [3.63, 3.8) is 0 Å². The number of aryl methyl sites for hydroxylation is 4. The summed E-state index contributed by atoms with van der Waals surface area (Å²) in [6.45, 7) is 3.94. The highest BCUT2D eigenvalue weighted by atomic mass is 14.1. The highest BCUT2D eigenvalue weighted by Crippen LogP contribution is 2.21. The maximum Gasteiger partial charge on any atom is 0.0277 e. The molecule has 2 aromatic carbocycles. The normalized spacial score (nSPS) is 13.3. The van der Waals surface area contributed by atoms with Crippen molar-refractivity contribution in [1.29, 1.82) is 0 Å². The van der Waals surface area contributed by atoms with E-state index in [-0.39, 0.29) is 0 Å². The molecule has 98 valence electrons. The molecular weight excluding hydrogens is 240 g/mol. The first kappa shape index (κ1) is 12.8. The Kier molecular flexibility index (Phi) is 3.44. The number of rotatable bonds is 1. The molecule has 0 saturated heterocycles. The fourth-order valence-corrected chi connectivity index (χ4v) is 2.91. The first-order valence-corrected chi connectivity index (χ1v) is 7.13. The van der Waals surface area contributed by atoms with E-state index in [1.165, 1.54) is 27.8 Å². The Bertz CT molecular complexity index is 698. The molecule has 0 spiro atoms. The Balaban J connectivity index is 2.06. The first-order valence-electron chi connectivity index (χ1n) is 7.13. The third-order valence-corrected chi connectivity index (χ3v) is 4.13. The second-order valence-corrected chi connectivity index (χ2v) is 5.37. The molecule has 0 heterocycles. The first-order chi connectivity index (χ1) is 9.80. The Morgan fingerprint density at radius 2 is 1.55 bits per heavy atom. The van der Waals surface area contributed by atoms with Gasteiger partial charge in [-0.25, -0.2) is 0 Å². The molecule has 0 aromatic heterocycles. The monoisotopic (exact) mass is 258 g/mol. The van der Waals surface area contributed by atoms with E-state index in [4.69, 9.17) is 6.42 Å². The number of hydrogen-bond acceptors (Lipinski definition) is 0. The summed E-state index contributed by atoms with van der Waals surface area (Å²) in [5.74, 6) is 2.84. The minimum atomic E-state index is 0.996. The van der Waals surface area contributed by atoms with Crippen molar-refractivity contribution in [1.82, 2.24) is 0 Å². The fourth-order valence-electron chi connectivity index (χ4n) is 2.91. The summed E-state index contributed by atoms with van der Waals surface area (Å²) in [6.07, 6.45) is 11.7. The third kappa shape index (κ3) is 2.40. The van der Waals surface area contributed by atoms with Crippen molar-refractivity contribution in [2.75, 3.05) is 0 Å². The van der Waals surface area contributed by atoms with Gasteiger partial charge < -0.3 is 0 Å². The molecule has 0 N–H and O–H groups in total. The van der Waals surface area contributed by atoms with Gasteiger partial charge in [-0.3, -0.25) is 0 Å². The largest absolute Gasteiger partial charge is 0.115 e. The average molecular weight is 258 g/mol. The van der Waals surface area contributed by atoms with E-state index in [1.807, 2.05) is 6.08 Å². The summed E-state index contributed by atoms with van der Waals surface area (Å²) in [7, 11) is 0. The van der Waals surface area contributed by atoms with E-state index in [2.05, 4.69) is 48.9 Å². The number of terminal acetylenes is 1. The molecule has 0 saturated carbocycles. The van der Waals surface area contributed by atoms with Gasteiger partial charge in [-0.05, 0) is 59.6 Å². The summed E-state index contributed by atoms with van der Waals surface area (Å²) >= 11 is 0. The van der Waals surface area contributed by atoms with Gasteiger partial charge in [0, 0.05) is 5.56 Å². The second-order valence-electron chi connectivity index (χ2n) is 5.37. The van der Waals surface area contributed by atoms with E-state index in [0.29, 0.717) is 0 Å². The average Bonchev–Trinajstić information content (AvgIpc) is 2.49. The number of hydrogen-bond donors (Lipinski definition) is 0. The van der Waals surface area contributed by atoms with Crippen LogP contribution in [-0.2, 0) is 25.7 Å². The van der Waals surface area contributed by atoms with Crippen molar-refractivity contribution in [2.45, 2.75) is 25.7 Å². The molecule has 0 aliphatic heterocycles. The highest BCUT2D eigenvalue weighted by Gasteiger charge is 2.08. The summed E-state index contributed by atoms with van der Waals surface area (Å²) in [5.41, 5.74) is 7.66. The smallest absolute Gasteiger partial charge is 0.0277 e. The van der Waals surface area contributed by atoms with Crippen molar-refractivity contribution < 1.29 is 0 Å². The van der Waals surface area contributed by atoms with Gasteiger partial charge in [-0.15, -0.1) is 6.42 Å². The zero-order chi connectivity index (χ0) is 13.9. The van der Waals surface area contributed by atoms with E-state index in [9.17, 15) is 0 Å². The molecule has 0 unspecified atom stereocenters. The Morgan fingerprint density at radius 1 is 0.900 bits per heavy atom. The molecule has 2 aromatic rings. The highest BCUT2D eigenvalue weighted by molar-refractivity contribution is 5.54. The van der Waals surface area contributed by atoms with Gasteiger partial charge in [-0.2, -0.15) is 0 Å². The molecule has 20 heavy (non-hydrogen) atoms. The van der Waals surface area contributed by atoms with Crippen LogP contribution >= 0.6 is 0 Å². The molecule has 4 aliphatic rings. The van der Waals surface area contributed by atoms with Gasteiger partial charge in [0.25, 0.3) is 0 Å². The van der Waals surface area contributed by atoms with Crippen LogP contribution in [0.4, 0.5) is 0 Å². The standard InChI is InChI=1S/C20H18/c1-3-17-13-15-5-9-19(17)11-7-16-6-10-20(12-8-15)18(4-2)14-16/h1,4-6,9-10,13-14H,2,7-8,11-12H2. The van der Waals surface area contributed by atoms with Crippen LogP contribution in [0, 0.1) is 12.3 Å². The second kappa shape index (κ2) is 5.39. The van der Waals surface area contributed by atoms with Gasteiger partial charge in [-0.1, -0.05) is 48.9 Å². The minimum absolute atomic E-state index is 0.996. The lowest BCUT2D eigenvalue weighted by Gasteiger charge is -2.13. The van der Waals surface area contributed by atoms with Crippen molar-refractivity contribution >= 4 is 6.08 Å². The lowest BCUT2D eigenvalue weighted by atomic mass is 9.91. The predicted octanol–water partition coefficient (Wildman–Crippen LogP) is 4.19. The maximum absolute atomic E-state index is 5.65.